The van der Waals surface area contributed by atoms with Crippen molar-refractivity contribution in [1.82, 2.24) is 0 Å². The molecule has 1 aromatic rings. The number of benzene rings is 1. The highest BCUT2D eigenvalue weighted by molar-refractivity contribution is 6.84. The summed E-state index contributed by atoms with van der Waals surface area (Å²) in [6.45, 7) is 7.13. The van der Waals surface area contributed by atoms with E-state index in [0.29, 0.717) is 0 Å². The third-order valence-corrected chi connectivity index (χ3v) is 9.10. The lowest BCUT2D eigenvalue weighted by Crippen LogP contribution is -2.33. The zero-order valence-corrected chi connectivity index (χ0v) is 11.7. The van der Waals surface area contributed by atoms with Crippen LogP contribution in [0.15, 0.2) is 30.3 Å². The van der Waals surface area contributed by atoms with Crippen molar-refractivity contribution in [2.45, 2.75) is 38.4 Å². The van der Waals surface area contributed by atoms with Crippen molar-refractivity contribution in [3.05, 3.63) is 35.9 Å². The van der Waals surface area contributed by atoms with E-state index in [2.05, 4.69) is 50.3 Å². The molecule has 0 N–H and O–H groups in total. The highest BCUT2D eigenvalue weighted by atomic mass is 35.5. The molecule has 0 saturated heterocycles. The van der Waals surface area contributed by atoms with Crippen molar-refractivity contribution in [2.75, 3.05) is 5.50 Å². The third-order valence-electron chi connectivity index (χ3n) is 3.39. The van der Waals surface area contributed by atoms with Gasteiger partial charge in [0.2, 0.25) is 0 Å². The smallest absolute Gasteiger partial charge is 0.0667 e. The minimum absolute atomic E-state index is 0.801. The molecule has 0 aliphatic carbocycles. The lowest BCUT2D eigenvalue weighted by molar-refractivity contribution is 0.765. The molecule has 0 saturated carbocycles. The second-order valence-electron chi connectivity index (χ2n) is 5.05. The fourth-order valence-corrected chi connectivity index (χ4v) is 3.53. The van der Waals surface area contributed by atoms with Crippen LogP contribution >= 0.6 is 11.6 Å². The summed E-state index contributed by atoms with van der Waals surface area (Å²) >= 11 is 6.03. The first-order valence-electron chi connectivity index (χ1n) is 5.66. The molecule has 1 unspecified atom stereocenters. The number of halogens is 1. The van der Waals surface area contributed by atoms with Crippen LogP contribution in [0.2, 0.25) is 18.6 Å². The molecule has 0 aliphatic rings. The van der Waals surface area contributed by atoms with Crippen LogP contribution in [0.1, 0.15) is 18.9 Å². The zero-order chi connectivity index (χ0) is 11.3. The van der Waals surface area contributed by atoms with Gasteiger partial charge in [-0.25, -0.2) is 0 Å². The Kier molecular flexibility index (Phi) is 4.87. The summed E-state index contributed by atoms with van der Waals surface area (Å²) < 4.78 is 0. The highest BCUT2D eigenvalue weighted by Gasteiger charge is 2.26. The minimum Gasteiger partial charge on any atom is -0.130 e. The molecule has 0 nitrogen and oxygen atoms in total. The van der Waals surface area contributed by atoms with E-state index in [0.717, 1.165) is 11.0 Å². The van der Waals surface area contributed by atoms with Crippen molar-refractivity contribution >= 4 is 19.7 Å². The summed E-state index contributed by atoms with van der Waals surface area (Å²) in [5.74, 6) is 0. The van der Waals surface area contributed by atoms with E-state index < -0.39 is 8.07 Å². The second-order valence-corrected chi connectivity index (χ2v) is 11.1. The Balaban J connectivity index is 2.44. The number of aryl methyl sites for hydroxylation is 1. The van der Waals surface area contributed by atoms with E-state index in [1.54, 1.807) is 0 Å². The lowest BCUT2D eigenvalue weighted by atomic mass is 10.1. The normalized spacial score (nSPS) is 13.9. The SMILES string of the molecule is CC(CCc1ccccc1)[Si](C)(C)CCl. The van der Waals surface area contributed by atoms with E-state index in [9.17, 15) is 0 Å². The van der Waals surface area contributed by atoms with E-state index in [1.165, 1.54) is 18.4 Å². The lowest BCUT2D eigenvalue weighted by Gasteiger charge is -2.27. The molecule has 1 rings (SSSR count). The van der Waals surface area contributed by atoms with Crippen LogP contribution < -0.4 is 0 Å². The predicted molar refractivity (Wildman–Crippen MR) is 72.4 cm³/mol. The Morgan fingerprint density at radius 3 is 2.33 bits per heavy atom. The van der Waals surface area contributed by atoms with Gasteiger partial charge in [-0.1, -0.05) is 50.3 Å². The van der Waals surface area contributed by atoms with Crippen molar-refractivity contribution in [3.63, 3.8) is 0 Å². The molecule has 2 heteroatoms. The number of hydrogen-bond acceptors (Lipinski definition) is 0. The monoisotopic (exact) mass is 240 g/mol. The Bertz CT molecular complexity index is 282. The summed E-state index contributed by atoms with van der Waals surface area (Å²) in [6.07, 6.45) is 2.46. The quantitative estimate of drug-likeness (QED) is 0.525. The molecule has 0 aliphatic heterocycles. The topological polar surface area (TPSA) is 0 Å². The van der Waals surface area contributed by atoms with Gasteiger partial charge in [-0.2, -0.15) is 0 Å². The molecular formula is C13H21ClSi. The van der Waals surface area contributed by atoms with Crippen molar-refractivity contribution in [1.29, 1.82) is 0 Å². The minimum atomic E-state index is -1.17. The Morgan fingerprint density at radius 2 is 1.80 bits per heavy atom. The molecule has 1 aromatic carbocycles. The molecule has 84 valence electrons. The van der Waals surface area contributed by atoms with Gasteiger partial charge in [-0.15, -0.1) is 11.6 Å². The third kappa shape index (κ3) is 4.00. The molecule has 1 atom stereocenters. The van der Waals surface area contributed by atoms with Gasteiger partial charge in [0.05, 0.1) is 8.07 Å². The molecule has 0 aromatic heterocycles. The Labute approximate surface area is 99.7 Å². The van der Waals surface area contributed by atoms with E-state index in [-0.39, 0.29) is 0 Å². The Morgan fingerprint density at radius 1 is 1.20 bits per heavy atom. The summed E-state index contributed by atoms with van der Waals surface area (Å²) in [6, 6.07) is 10.7. The molecule has 15 heavy (non-hydrogen) atoms. The van der Waals surface area contributed by atoms with Crippen molar-refractivity contribution < 1.29 is 0 Å². The zero-order valence-electron chi connectivity index (χ0n) is 9.96. The number of hydrogen-bond donors (Lipinski definition) is 0. The van der Waals surface area contributed by atoms with Gasteiger partial charge in [0, 0.05) is 5.50 Å². The van der Waals surface area contributed by atoms with E-state index in [1.807, 2.05) is 0 Å². The maximum absolute atomic E-state index is 6.03. The molecule has 0 bridgehead atoms. The van der Waals surface area contributed by atoms with Gasteiger partial charge in [0.25, 0.3) is 0 Å². The van der Waals surface area contributed by atoms with Crippen LogP contribution in [0.25, 0.3) is 0 Å². The fourth-order valence-electron chi connectivity index (χ4n) is 1.55. The maximum atomic E-state index is 6.03. The molecule has 0 radical (unpaired) electrons. The van der Waals surface area contributed by atoms with Crippen LogP contribution in [0, 0.1) is 0 Å². The Hall–Kier alpha value is -0.273. The van der Waals surface area contributed by atoms with Crippen molar-refractivity contribution in [3.8, 4) is 0 Å². The van der Waals surface area contributed by atoms with Crippen LogP contribution in [-0.2, 0) is 6.42 Å². The van der Waals surface area contributed by atoms with Gasteiger partial charge >= 0.3 is 0 Å². The van der Waals surface area contributed by atoms with Gasteiger partial charge in [0.1, 0.15) is 0 Å². The molecule has 0 fully saturated rings. The first-order chi connectivity index (χ1) is 7.06. The van der Waals surface area contributed by atoms with Crippen LogP contribution in [0.3, 0.4) is 0 Å². The van der Waals surface area contributed by atoms with Gasteiger partial charge in [-0.05, 0) is 23.9 Å². The standard InChI is InChI=1S/C13H21ClSi/c1-12(15(2,3)11-14)9-10-13-7-5-4-6-8-13/h4-8,12H,9-11H2,1-3H3. The molecule has 0 spiro atoms. The average molecular weight is 241 g/mol. The number of alkyl halides is 1. The van der Waals surface area contributed by atoms with Crippen LogP contribution in [-0.4, -0.2) is 13.6 Å². The molecule has 0 amide bonds. The van der Waals surface area contributed by atoms with Crippen molar-refractivity contribution in [2.24, 2.45) is 0 Å². The predicted octanol–water partition coefficient (Wildman–Crippen LogP) is 4.50. The summed E-state index contributed by atoms with van der Waals surface area (Å²) in [4.78, 5) is 0. The molecular weight excluding hydrogens is 220 g/mol. The number of rotatable bonds is 5. The van der Waals surface area contributed by atoms with E-state index >= 15 is 0 Å². The van der Waals surface area contributed by atoms with Gasteiger partial charge in [0.15, 0.2) is 0 Å². The van der Waals surface area contributed by atoms with Gasteiger partial charge in [-0.3, -0.25) is 0 Å². The average Bonchev–Trinajstić information content (AvgIpc) is 2.27. The maximum Gasteiger partial charge on any atom is 0.0667 e. The highest BCUT2D eigenvalue weighted by Crippen LogP contribution is 2.27. The second kappa shape index (κ2) is 5.71. The molecule has 0 heterocycles. The first-order valence-corrected chi connectivity index (χ1v) is 9.48. The summed E-state index contributed by atoms with van der Waals surface area (Å²) in [5, 5.41) is 0. The van der Waals surface area contributed by atoms with E-state index in [4.69, 9.17) is 11.6 Å². The summed E-state index contributed by atoms with van der Waals surface area (Å²) in [5.41, 5.74) is 3.13. The summed E-state index contributed by atoms with van der Waals surface area (Å²) in [7, 11) is -1.17. The fraction of sp³-hybridized carbons (Fsp3) is 0.538. The van der Waals surface area contributed by atoms with Crippen LogP contribution in [0.4, 0.5) is 0 Å². The van der Waals surface area contributed by atoms with Gasteiger partial charge < -0.3 is 0 Å². The first kappa shape index (κ1) is 12.8. The largest absolute Gasteiger partial charge is 0.130 e. The van der Waals surface area contributed by atoms with Crippen LogP contribution in [0.5, 0.6) is 0 Å².